The van der Waals surface area contributed by atoms with Crippen LogP contribution in [0.15, 0.2) is 39.8 Å². The van der Waals surface area contributed by atoms with Crippen LogP contribution in [-0.4, -0.2) is 42.4 Å². The van der Waals surface area contributed by atoms with Crippen LogP contribution in [-0.2, 0) is 4.74 Å². The van der Waals surface area contributed by atoms with Gasteiger partial charge in [0, 0.05) is 18.7 Å². The summed E-state index contributed by atoms with van der Waals surface area (Å²) in [6.45, 7) is 4.97. The molecule has 7 nitrogen and oxygen atoms in total. The molecule has 2 unspecified atom stereocenters. The first-order valence-electron chi connectivity index (χ1n) is 7.54. The molecular formula is C16H23N5O2. The van der Waals surface area contributed by atoms with Gasteiger partial charge in [0.15, 0.2) is 5.96 Å². The minimum absolute atomic E-state index is 0.0157. The van der Waals surface area contributed by atoms with Crippen molar-refractivity contribution in [2.75, 3.05) is 20.3 Å². The number of benzene rings is 1. The van der Waals surface area contributed by atoms with Crippen molar-refractivity contribution >= 4 is 5.96 Å². The first kappa shape index (κ1) is 17.0. The fraction of sp³-hybridized carbons (Fsp3) is 0.438. The molecule has 1 aromatic heterocycles. The minimum Gasteiger partial charge on any atom is -0.383 e. The summed E-state index contributed by atoms with van der Waals surface area (Å²) in [6.07, 6.45) is 0. The summed E-state index contributed by atoms with van der Waals surface area (Å²) in [5.74, 6) is 1.49. The molecule has 124 valence electrons. The van der Waals surface area contributed by atoms with E-state index in [9.17, 15) is 0 Å². The Balaban J connectivity index is 1.93. The summed E-state index contributed by atoms with van der Waals surface area (Å²) in [6, 6.07) is 9.81. The second kappa shape index (κ2) is 8.28. The van der Waals surface area contributed by atoms with Crippen molar-refractivity contribution in [3.05, 3.63) is 36.2 Å². The Morgan fingerprint density at radius 3 is 2.78 bits per heavy atom. The van der Waals surface area contributed by atoms with Gasteiger partial charge in [-0.1, -0.05) is 42.4 Å². The topological polar surface area (TPSA) is 98.6 Å². The Kier molecular flexibility index (Phi) is 6.10. The van der Waals surface area contributed by atoms with Crippen LogP contribution in [0.25, 0.3) is 11.4 Å². The van der Waals surface area contributed by atoms with Crippen molar-refractivity contribution in [1.82, 2.24) is 15.5 Å². The standard InChI is InChI=1S/C16H23N5O2/c1-11(9-18-16(17)19-12(2)10-22-3)15-20-14(21-23-15)13-7-5-4-6-8-13/h4-8,11-12H,9-10H2,1-3H3,(H3,17,18,19). The molecule has 0 fully saturated rings. The Morgan fingerprint density at radius 2 is 2.09 bits per heavy atom. The van der Waals surface area contributed by atoms with Crippen LogP contribution < -0.4 is 11.1 Å². The molecule has 3 N–H and O–H groups in total. The van der Waals surface area contributed by atoms with Crippen molar-refractivity contribution in [2.45, 2.75) is 25.8 Å². The van der Waals surface area contributed by atoms with E-state index in [2.05, 4.69) is 20.4 Å². The van der Waals surface area contributed by atoms with Gasteiger partial charge in [0.2, 0.25) is 11.7 Å². The second-order valence-electron chi connectivity index (χ2n) is 5.45. The van der Waals surface area contributed by atoms with Gasteiger partial charge >= 0.3 is 0 Å². The number of ether oxygens (including phenoxy) is 1. The fourth-order valence-corrected chi connectivity index (χ4v) is 2.04. The largest absolute Gasteiger partial charge is 0.383 e. The quantitative estimate of drug-likeness (QED) is 0.596. The lowest BCUT2D eigenvalue weighted by Crippen LogP contribution is -2.40. The molecule has 0 saturated carbocycles. The normalized spacial score (nSPS) is 14.5. The lowest BCUT2D eigenvalue weighted by Gasteiger charge is -2.13. The average Bonchev–Trinajstić information content (AvgIpc) is 3.03. The highest BCUT2D eigenvalue weighted by atomic mass is 16.5. The number of hydrogen-bond donors (Lipinski definition) is 2. The molecule has 0 saturated heterocycles. The van der Waals surface area contributed by atoms with Crippen LogP contribution in [0.5, 0.6) is 0 Å². The van der Waals surface area contributed by atoms with Crippen molar-refractivity contribution in [3.63, 3.8) is 0 Å². The van der Waals surface area contributed by atoms with Crippen LogP contribution in [0.1, 0.15) is 25.7 Å². The molecule has 0 aliphatic rings. The summed E-state index contributed by atoms with van der Waals surface area (Å²) in [7, 11) is 1.65. The van der Waals surface area contributed by atoms with Gasteiger partial charge in [-0.3, -0.25) is 4.99 Å². The zero-order valence-corrected chi connectivity index (χ0v) is 13.7. The SMILES string of the molecule is COCC(C)NC(N)=NCC(C)c1nc(-c2ccccc2)no1. The van der Waals surface area contributed by atoms with Gasteiger partial charge in [0.05, 0.1) is 19.1 Å². The number of guanidine groups is 1. The molecule has 1 aromatic carbocycles. The summed E-state index contributed by atoms with van der Waals surface area (Å²) in [5.41, 5.74) is 6.77. The molecule has 0 amide bonds. The lowest BCUT2D eigenvalue weighted by molar-refractivity contribution is 0.179. The fourth-order valence-electron chi connectivity index (χ4n) is 2.04. The van der Waals surface area contributed by atoms with E-state index < -0.39 is 0 Å². The summed E-state index contributed by atoms with van der Waals surface area (Å²) in [5, 5.41) is 7.06. The highest BCUT2D eigenvalue weighted by molar-refractivity contribution is 5.78. The van der Waals surface area contributed by atoms with E-state index in [0.29, 0.717) is 30.8 Å². The van der Waals surface area contributed by atoms with Gasteiger partial charge in [-0.25, -0.2) is 0 Å². The van der Waals surface area contributed by atoms with Crippen molar-refractivity contribution < 1.29 is 9.26 Å². The molecule has 2 atom stereocenters. The van der Waals surface area contributed by atoms with E-state index in [1.165, 1.54) is 0 Å². The Hall–Kier alpha value is -2.41. The number of methoxy groups -OCH3 is 1. The molecule has 0 aliphatic heterocycles. The molecule has 2 aromatic rings. The maximum absolute atomic E-state index is 5.84. The van der Waals surface area contributed by atoms with Gasteiger partial charge in [-0.05, 0) is 6.92 Å². The van der Waals surface area contributed by atoms with Gasteiger partial charge in [-0.2, -0.15) is 4.98 Å². The van der Waals surface area contributed by atoms with Crippen molar-refractivity contribution in [1.29, 1.82) is 0 Å². The van der Waals surface area contributed by atoms with Crippen LogP contribution in [0.3, 0.4) is 0 Å². The Bertz CT molecular complexity index is 626. The smallest absolute Gasteiger partial charge is 0.231 e. The van der Waals surface area contributed by atoms with Crippen LogP contribution in [0, 0.1) is 0 Å². The number of nitrogens with two attached hydrogens (primary N) is 1. The third-order valence-corrected chi connectivity index (χ3v) is 3.24. The third-order valence-electron chi connectivity index (χ3n) is 3.24. The molecule has 1 heterocycles. The van der Waals surface area contributed by atoms with E-state index in [-0.39, 0.29) is 12.0 Å². The lowest BCUT2D eigenvalue weighted by atomic mass is 10.2. The molecule has 23 heavy (non-hydrogen) atoms. The minimum atomic E-state index is -0.0157. The van der Waals surface area contributed by atoms with Gasteiger partial charge < -0.3 is 20.3 Å². The van der Waals surface area contributed by atoms with E-state index >= 15 is 0 Å². The van der Waals surface area contributed by atoms with Gasteiger partial charge in [-0.15, -0.1) is 0 Å². The number of rotatable bonds is 7. The van der Waals surface area contributed by atoms with Crippen LogP contribution in [0.4, 0.5) is 0 Å². The van der Waals surface area contributed by atoms with E-state index in [1.54, 1.807) is 7.11 Å². The Labute approximate surface area is 135 Å². The third kappa shape index (κ3) is 5.07. The molecule has 0 radical (unpaired) electrons. The summed E-state index contributed by atoms with van der Waals surface area (Å²) >= 11 is 0. The molecule has 0 spiro atoms. The first-order chi connectivity index (χ1) is 11.1. The average molecular weight is 317 g/mol. The predicted molar refractivity (Wildman–Crippen MR) is 89.1 cm³/mol. The van der Waals surface area contributed by atoms with Gasteiger partial charge in [0.1, 0.15) is 0 Å². The maximum atomic E-state index is 5.84. The number of hydrogen-bond acceptors (Lipinski definition) is 5. The summed E-state index contributed by atoms with van der Waals surface area (Å²) in [4.78, 5) is 8.73. The number of nitrogens with one attached hydrogen (secondary N) is 1. The predicted octanol–water partition coefficient (Wildman–Crippen LogP) is 1.78. The first-order valence-corrected chi connectivity index (χ1v) is 7.54. The van der Waals surface area contributed by atoms with Crippen LogP contribution in [0.2, 0.25) is 0 Å². The molecular weight excluding hydrogens is 294 g/mol. The van der Waals surface area contributed by atoms with Gasteiger partial charge in [0.25, 0.3) is 0 Å². The maximum Gasteiger partial charge on any atom is 0.231 e. The Morgan fingerprint density at radius 1 is 1.35 bits per heavy atom. The molecule has 7 heteroatoms. The zero-order chi connectivity index (χ0) is 16.7. The van der Waals surface area contributed by atoms with Crippen molar-refractivity contribution in [3.8, 4) is 11.4 Å². The monoisotopic (exact) mass is 317 g/mol. The number of nitrogens with zero attached hydrogens (tertiary/aromatic N) is 3. The second-order valence-corrected chi connectivity index (χ2v) is 5.45. The van der Waals surface area contributed by atoms with E-state index in [0.717, 1.165) is 5.56 Å². The highest BCUT2D eigenvalue weighted by Crippen LogP contribution is 2.19. The van der Waals surface area contributed by atoms with E-state index in [4.69, 9.17) is 15.0 Å². The number of aliphatic imine (C=N–C) groups is 1. The van der Waals surface area contributed by atoms with Crippen LogP contribution >= 0.6 is 0 Å². The van der Waals surface area contributed by atoms with Crippen molar-refractivity contribution in [2.24, 2.45) is 10.7 Å². The molecule has 0 bridgehead atoms. The van der Waals surface area contributed by atoms with E-state index in [1.807, 2.05) is 44.2 Å². The summed E-state index contributed by atoms with van der Waals surface area (Å²) < 4.78 is 10.4. The molecule has 0 aliphatic carbocycles. The highest BCUT2D eigenvalue weighted by Gasteiger charge is 2.15. The molecule has 2 rings (SSSR count). The zero-order valence-electron chi connectivity index (χ0n) is 13.7. The number of aromatic nitrogens is 2.